The molecule has 1 aliphatic rings. The van der Waals surface area contributed by atoms with E-state index in [1.165, 1.54) is 0 Å². The largest absolute Gasteiger partial charge is 0.342 e. The standard InChI is InChI=1S/C7H10O3/c1-3-6-7(4-8)10-5(2)9-6/h3-7H,1H2,2H3/t5-,6-,7?/m1/s1. The van der Waals surface area contributed by atoms with Gasteiger partial charge in [0.05, 0.1) is 0 Å². The molecule has 0 amide bonds. The maximum atomic E-state index is 10.3. The lowest BCUT2D eigenvalue weighted by atomic mass is 10.2. The quantitative estimate of drug-likeness (QED) is 0.416. The minimum atomic E-state index is -0.465. The predicted molar refractivity (Wildman–Crippen MR) is 35.5 cm³/mol. The van der Waals surface area contributed by atoms with Crippen LogP contribution in [0.5, 0.6) is 0 Å². The van der Waals surface area contributed by atoms with Crippen molar-refractivity contribution < 1.29 is 14.3 Å². The van der Waals surface area contributed by atoms with Crippen molar-refractivity contribution in [3.05, 3.63) is 12.7 Å². The number of rotatable bonds is 2. The fourth-order valence-electron chi connectivity index (χ4n) is 0.929. The zero-order chi connectivity index (χ0) is 7.56. The highest BCUT2D eigenvalue weighted by Crippen LogP contribution is 2.17. The number of hydrogen-bond acceptors (Lipinski definition) is 3. The summed E-state index contributed by atoms with van der Waals surface area (Å²) in [4.78, 5) is 10.3. The van der Waals surface area contributed by atoms with Crippen LogP contribution in [-0.2, 0) is 14.3 Å². The third kappa shape index (κ3) is 1.25. The second-order valence-corrected chi connectivity index (χ2v) is 2.14. The molecule has 0 bridgehead atoms. The molecule has 0 aromatic carbocycles. The Hall–Kier alpha value is -0.670. The van der Waals surface area contributed by atoms with E-state index in [1.54, 1.807) is 13.0 Å². The summed E-state index contributed by atoms with van der Waals surface area (Å²) in [6.07, 6.45) is 1.27. The molecule has 10 heavy (non-hydrogen) atoms. The molecule has 0 radical (unpaired) electrons. The van der Waals surface area contributed by atoms with Crippen LogP contribution >= 0.6 is 0 Å². The number of carbonyl (C=O) groups excluding carboxylic acids is 1. The molecule has 1 unspecified atom stereocenters. The SMILES string of the molecule is C=C[C@H]1O[C@@H](C)OC1C=O. The first-order valence-corrected chi connectivity index (χ1v) is 3.16. The number of carbonyl (C=O) groups is 1. The minimum absolute atomic E-state index is 0.271. The summed E-state index contributed by atoms with van der Waals surface area (Å²) in [5.41, 5.74) is 0. The van der Waals surface area contributed by atoms with Crippen LogP contribution in [-0.4, -0.2) is 24.8 Å². The minimum Gasteiger partial charge on any atom is -0.342 e. The zero-order valence-electron chi connectivity index (χ0n) is 5.82. The van der Waals surface area contributed by atoms with Crippen molar-refractivity contribution in [2.75, 3.05) is 0 Å². The van der Waals surface area contributed by atoms with E-state index >= 15 is 0 Å². The topological polar surface area (TPSA) is 35.5 Å². The molecule has 0 spiro atoms. The van der Waals surface area contributed by atoms with Gasteiger partial charge in [0.1, 0.15) is 12.2 Å². The highest BCUT2D eigenvalue weighted by atomic mass is 16.7. The summed E-state index contributed by atoms with van der Waals surface area (Å²) in [6.45, 7) is 5.26. The van der Waals surface area contributed by atoms with Gasteiger partial charge in [0.25, 0.3) is 0 Å². The first-order chi connectivity index (χ1) is 4.77. The van der Waals surface area contributed by atoms with E-state index in [0.717, 1.165) is 6.29 Å². The average molecular weight is 142 g/mol. The zero-order valence-corrected chi connectivity index (χ0v) is 5.82. The van der Waals surface area contributed by atoms with Crippen LogP contribution in [0.25, 0.3) is 0 Å². The Balaban J connectivity index is 2.56. The van der Waals surface area contributed by atoms with Gasteiger partial charge in [-0.15, -0.1) is 6.58 Å². The fraction of sp³-hybridized carbons (Fsp3) is 0.571. The molecule has 3 heteroatoms. The van der Waals surface area contributed by atoms with Crippen molar-refractivity contribution in [1.82, 2.24) is 0 Å². The Kier molecular flexibility index (Phi) is 2.19. The third-order valence-electron chi connectivity index (χ3n) is 1.39. The molecule has 1 saturated heterocycles. The van der Waals surface area contributed by atoms with Crippen molar-refractivity contribution in [2.24, 2.45) is 0 Å². The van der Waals surface area contributed by atoms with Crippen molar-refractivity contribution in [2.45, 2.75) is 25.4 Å². The molecule has 1 fully saturated rings. The van der Waals surface area contributed by atoms with Gasteiger partial charge in [-0.05, 0) is 6.92 Å². The first kappa shape index (κ1) is 7.44. The second-order valence-electron chi connectivity index (χ2n) is 2.14. The molecule has 1 aliphatic heterocycles. The lowest BCUT2D eigenvalue weighted by molar-refractivity contribution is -0.118. The van der Waals surface area contributed by atoms with E-state index in [2.05, 4.69) is 6.58 Å². The van der Waals surface area contributed by atoms with Crippen LogP contribution in [0.2, 0.25) is 0 Å². The van der Waals surface area contributed by atoms with Crippen molar-refractivity contribution in [1.29, 1.82) is 0 Å². The summed E-state index contributed by atoms with van der Waals surface area (Å²) >= 11 is 0. The van der Waals surface area contributed by atoms with E-state index < -0.39 is 6.10 Å². The Morgan fingerprint density at radius 1 is 1.40 bits per heavy atom. The summed E-state index contributed by atoms with van der Waals surface area (Å²) in [5.74, 6) is 0. The summed E-state index contributed by atoms with van der Waals surface area (Å²) in [6, 6.07) is 0. The smallest absolute Gasteiger partial charge is 0.156 e. The number of ether oxygens (including phenoxy) is 2. The van der Waals surface area contributed by atoms with Gasteiger partial charge >= 0.3 is 0 Å². The summed E-state index contributed by atoms with van der Waals surface area (Å²) in [7, 11) is 0. The molecule has 0 aliphatic carbocycles. The average Bonchev–Trinajstić information content (AvgIpc) is 2.30. The van der Waals surface area contributed by atoms with E-state index in [1.807, 2.05) is 0 Å². The Bertz CT molecular complexity index is 128. The lowest BCUT2D eigenvalue weighted by Gasteiger charge is -2.03. The van der Waals surface area contributed by atoms with Crippen LogP contribution in [0.4, 0.5) is 0 Å². The molecule has 0 aromatic heterocycles. The van der Waals surface area contributed by atoms with Gasteiger partial charge in [-0.2, -0.15) is 0 Å². The van der Waals surface area contributed by atoms with Crippen molar-refractivity contribution >= 4 is 6.29 Å². The molecule has 0 N–H and O–H groups in total. The maximum Gasteiger partial charge on any atom is 0.156 e. The molecular formula is C7H10O3. The third-order valence-corrected chi connectivity index (χ3v) is 1.39. The van der Waals surface area contributed by atoms with Crippen LogP contribution in [0.15, 0.2) is 12.7 Å². The van der Waals surface area contributed by atoms with Gasteiger partial charge < -0.3 is 14.3 Å². The molecule has 3 nitrogen and oxygen atoms in total. The van der Waals surface area contributed by atoms with Crippen LogP contribution < -0.4 is 0 Å². The molecule has 0 aromatic rings. The van der Waals surface area contributed by atoms with Gasteiger partial charge in [0, 0.05) is 0 Å². The van der Waals surface area contributed by atoms with E-state index in [9.17, 15) is 4.79 Å². The molecule has 56 valence electrons. The maximum absolute atomic E-state index is 10.3. The Labute approximate surface area is 59.6 Å². The highest BCUT2D eigenvalue weighted by molar-refractivity contribution is 5.58. The monoisotopic (exact) mass is 142 g/mol. The number of aldehydes is 1. The van der Waals surface area contributed by atoms with Gasteiger partial charge in [0.2, 0.25) is 0 Å². The van der Waals surface area contributed by atoms with Crippen LogP contribution in [0.1, 0.15) is 6.92 Å². The predicted octanol–water partition coefficient (Wildman–Crippen LogP) is 0.501. The number of hydrogen-bond donors (Lipinski definition) is 0. The first-order valence-electron chi connectivity index (χ1n) is 3.16. The fourth-order valence-corrected chi connectivity index (χ4v) is 0.929. The Morgan fingerprint density at radius 3 is 2.40 bits per heavy atom. The van der Waals surface area contributed by atoms with Gasteiger partial charge in [0.15, 0.2) is 12.6 Å². The van der Waals surface area contributed by atoms with Gasteiger partial charge in [-0.25, -0.2) is 0 Å². The molecule has 1 rings (SSSR count). The van der Waals surface area contributed by atoms with Crippen LogP contribution in [0.3, 0.4) is 0 Å². The van der Waals surface area contributed by atoms with Crippen molar-refractivity contribution in [3.63, 3.8) is 0 Å². The summed E-state index contributed by atoms with van der Waals surface area (Å²) < 4.78 is 10.2. The van der Waals surface area contributed by atoms with Gasteiger partial charge in [-0.1, -0.05) is 6.08 Å². The molecule has 1 heterocycles. The van der Waals surface area contributed by atoms with Crippen molar-refractivity contribution in [3.8, 4) is 0 Å². The lowest BCUT2D eigenvalue weighted by Crippen LogP contribution is -2.20. The molecular weight excluding hydrogens is 132 g/mol. The van der Waals surface area contributed by atoms with E-state index in [-0.39, 0.29) is 12.4 Å². The molecule has 0 saturated carbocycles. The Morgan fingerprint density at radius 2 is 2.00 bits per heavy atom. The summed E-state index contributed by atoms with van der Waals surface area (Å²) in [5, 5.41) is 0. The van der Waals surface area contributed by atoms with E-state index in [0.29, 0.717) is 0 Å². The normalized spacial score (nSPS) is 39.5. The molecule has 3 atom stereocenters. The van der Waals surface area contributed by atoms with Crippen LogP contribution in [0, 0.1) is 0 Å². The van der Waals surface area contributed by atoms with Gasteiger partial charge in [-0.3, -0.25) is 0 Å². The second kappa shape index (κ2) is 2.94. The van der Waals surface area contributed by atoms with E-state index in [4.69, 9.17) is 9.47 Å². The highest BCUT2D eigenvalue weighted by Gasteiger charge is 2.30.